The van der Waals surface area contributed by atoms with Gasteiger partial charge in [-0.1, -0.05) is 0 Å². The van der Waals surface area contributed by atoms with Crippen molar-refractivity contribution in [1.29, 1.82) is 0 Å². The lowest BCUT2D eigenvalue weighted by molar-refractivity contribution is 0.590. The van der Waals surface area contributed by atoms with E-state index in [0.29, 0.717) is 0 Å². The van der Waals surface area contributed by atoms with E-state index in [4.69, 9.17) is 4.98 Å². The Morgan fingerprint density at radius 3 is 2.82 bits per heavy atom. The largest absolute Gasteiger partial charge is 0.276 e. The third-order valence-electron chi connectivity index (χ3n) is 5.31. The van der Waals surface area contributed by atoms with Crippen molar-refractivity contribution in [3.63, 3.8) is 0 Å². The van der Waals surface area contributed by atoms with Crippen molar-refractivity contribution < 1.29 is 0 Å². The van der Waals surface area contributed by atoms with Gasteiger partial charge in [0.05, 0.1) is 32.5 Å². The van der Waals surface area contributed by atoms with E-state index in [1.807, 2.05) is 29.8 Å². The lowest BCUT2D eigenvalue weighted by Crippen LogP contribution is -2.22. The van der Waals surface area contributed by atoms with Gasteiger partial charge in [-0.15, -0.1) is 22.7 Å². The molecule has 0 saturated heterocycles. The molecule has 0 aromatic carbocycles. The summed E-state index contributed by atoms with van der Waals surface area (Å²) in [6.07, 6.45) is 6.22. The number of thiophene rings is 2. The van der Waals surface area contributed by atoms with Crippen molar-refractivity contribution in [2.75, 3.05) is 0 Å². The summed E-state index contributed by atoms with van der Waals surface area (Å²) in [5, 5.41) is 9.32. The van der Waals surface area contributed by atoms with Crippen LogP contribution in [-0.4, -0.2) is 19.7 Å². The van der Waals surface area contributed by atoms with Crippen LogP contribution in [0.25, 0.3) is 31.4 Å². The first-order valence-corrected chi connectivity index (χ1v) is 10.8. The Labute approximate surface area is 167 Å². The van der Waals surface area contributed by atoms with E-state index < -0.39 is 0 Å². The molecule has 0 N–H and O–H groups in total. The Morgan fingerprint density at radius 1 is 1.04 bits per heavy atom. The van der Waals surface area contributed by atoms with Crippen LogP contribution in [0.1, 0.15) is 24.1 Å². The molecule has 0 radical (unpaired) electrons. The number of hydrogen-bond acceptors (Lipinski definition) is 6. The van der Waals surface area contributed by atoms with Gasteiger partial charge in [-0.3, -0.25) is 14.8 Å². The van der Waals surface area contributed by atoms with E-state index in [0.717, 1.165) is 38.8 Å². The number of rotatable bonds is 3. The van der Waals surface area contributed by atoms with Crippen molar-refractivity contribution in [3.05, 3.63) is 75.7 Å². The van der Waals surface area contributed by atoms with Crippen LogP contribution in [0.2, 0.25) is 0 Å². The Bertz CT molecular complexity index is 1390. The summed E-state index contributed by atoms with van der Waals surface area (Å²) in [5.74, 6) is 0.245. The summed E-state index contributed by atoms with van der Waals surface area (Å²) in [7, 11) is 0. The molecule has 1 fully saturated rings. The predicted octanol–water partition coefficient (Wildman–Crippen LogP) is 4.86. The van der Waals surface area contributed by atoms with E-state index in [1.165, 1.54) is 4.70 Å². The van der Waals surface area contributed by atoms with Crippen molar-refractivity contribution in [2.45, 2.75) is 18.4 Å². The van der Waals surface area contributed by atoms with Gasteiger partial charge in [0.2, 0.25) is 0 Å². The third kappa shape index (κ3) is 2.43. The topological polar surface area (TPSA) is 60.7 Å². The van der Waals surface area contributed by atoms with Gasteiger partial charge in [0.25, 0.3) is 5.56 Å². The maximum absolute atomic E-state index is 13.3. The molecule has 1 aliphatic rings. The molecule has 5 aromatic heterocycles. The highest BCUT2D eigenvalue weighted by Crippen LogP contribution is 2.50. The van der Waals surface area contributed by atoms with Crippen LogP contribution in [0.4, 0.5) is 0 Å². The van der Waals surface area contributed by atoms with Gasteiger partial charge in [0, 0.05) is 34.9 Å². The molecule has 5 heterocycles. The fourth-order valence-corrected chi connectivity index (χ4v) is 5.44. The number of aromatic nitrogens is 4. The van der Waals surface area contributed by atoms with Crippen molar-refractivity contribution in [1.82, 2.24) is 19.7 Å². The highest BCUT2D eigenvalue weighted by atomic mass is 32.1. The molecule has 0 amide bonds. The summed E-state index contributed by atoms with van der Waals surface area (Å²) in [4.78, 5) is 22.1. The van der Waals surface area contributed by atoms with Crippen molar-refractivity contribution in [2.24, 2.45) is 0 Å². The van der Waals surface area contributed by atoms with Crippen LogP contribution in [0, 0.1) is 0 Å². The number of nitrogens with zero attached hydrogens (tertiary/aromatic N) is 4. The second kappa shape index (κ2) is 6.05. The van der Waals surface area contributed by atoms with Crippen LogP contribution >= 0.6 is 22.7 Å². The molecule has 1 saturated carbocycles. The molecule has 2 atom stereocenters. The van der Waals surface area contributed by atoms with Gasteiger partial charge in [-0.2, -0.15) is 5.10 Å². The SMILES string of the molecule is O=c1c2c(-c3ccncc3)csc2cnn1[C@@H]1C[C@H]1c1ccc2sccc2n1. The van der Waals surface area contributed by atoms with E-state index in [9.17, 15) is 4.79 Å². The molecule has 0 spiro atoms. The van der Waals surface area contributed by atoms with Gasteiger partial charge in [-0.05, 0) is 47.7 Å². The number of pyridine rings is 2. The van der Waals surface area contributed by atoms with Crippen molar-refractivity contribution in [3.8, 4) is 11.1 Å². The molecule has 6 rings (SSSR count). The minimum Gasteiger partial charge on any atom is -0.267 e. The number of fused-ring (bicyclic) bond motifs is 2. The molecule has 0 bridgehead atoms. The molecular formula is C21H14N4OS2. The normalized spacial score (nSPS) is 18.7. The standard InChI is InChI=1S/C21H14N4OS2/c26-21-20-14(12-3-6-22-7-4-12)11-28-19(20)10-23-25(21)17-9-13(17)15-1-2-18-16(24-15)5-8-27-18/h1-8,10-11,13,17H,9H2/t13-,17+/m0/s1. The molecule has 1 aliphatic carbocycles. The average Bonchev–Trinajstić information content (AvgIpc) is 3.17. The zero-order chi connectivity index (χ0) is 18.7. The third-order valence-corrected chi connectivity index (χ3v) is 7.10. The first-order chi connectivity index (χ1) is 13.8. The fraction of sp³-hybridized carbons (Fsp3) is 0.143. The summed E-state index contributed by atoms with van der Waals surface area (Å²) in [5.41, 5.74) is 4.02. The lowest BCUT2D eigenvalue weighted by Gasteiger charge is -2.05. The second-order valence-electron chi connectivity index (χ2n) is 6.97. The average molecular weight is 403 g/mol. The molecule has 28 heavy (non-hydrogen) atoms. The molecular weight excluding hydrogens is 388 g/mol. The molecule has 5 nitrogen and oxygen atoms in total. The van der Waals surface area contributed by atoms with Gasteiger partial charge in [-0.25, -0.2) is 4.68 Å². The van der Waals surface area contributed by atoms with Crippen LogP contribution < -0.4 is 5.56 Å². The molecule has 5 aromatic rings. The Hall–Kier alpha value is -2.90. The molecule has 0 aliphatic heterocycles. The fourth-order valence-electron chi connectivity index (χ4n) is 3.80. The minimum atomic E-state index is -0.0188. The Balaban J connectivity index is 1.42. The van der Waals surface area contributed by atoms with Gasteiger partial charge >= 0.3 is 0 Å². The van der Waals surface area contributed by atoms with E-state index in [1.54, 1.807) is 39.7 Å². The zero-order valence-corrected chi connectivity index (χ0v) is 16.3. The number of hydrogen-bond donors (Lipinski definition) is 0. The van der Waals surface area contributed by atoms with Crippen LogP contribution in [0.15, 0.2) is 64.5 Å². The van der Waals surface area contributed by atoms with E-state index >= 15 is 0 Å². The van der Waals surface area contributed by atoms with Crippen molar-refractivity contribution >= 4 is 43.0 Å². The van der Waals surface area contributed by atoms with E-state index in [2.05, 4.69) is 27.6 Å². The molecule has 0 unspecified atom stereocenters. The Morgan fingerprint density at radius 2 is 1.93 bits per heavy atom. The quantitative estimate of drug-likeness (QED) is 0.432. The second-order valence-corrected chi connectivity index (χ2v) is 8.83. The first-order valence-electron chi connectivity index (χ1n) is 9.03. The molecule has 7 heteroatoms. The first kappa shape index (κ1) is 16.1. The van der Waals surface area contributed by atoms with E-state index in [-0.39, 0.29) is 17.5 Å². The lowest BCUT2D eigenvalue weighted by atomic mass is 10.1. The zero-order valence-electron chi connectivity index (χ0n) is 14.6. The predicted molar refractivity (Wildman–Crippen MR) is 113 cm³/mol. The summed E-state index contributed by atoms with van der Waals surface area (Å²) < 4.78 is 3.77. The smallest absolute Gasteiger partial charge is 0.267 e. The van der Waals surface area contributed by atoms with Gasteiger partial charge < -0.3 is 0 Å². The highest BCUT2D eigenvalue weighted by Gasteiger charge is 2.43. The summed E-state index contributed by atoms with van der Waals surface area (Å²) in [6.45, 7) is 0. The summed E-state index contributed by atoms with van der Waals surface area (Å²) >= 11 is 3.25. The minimum absolute atomic E-state index is 0.0188. The Kier molecular flexibility index (Phi) is 3.48. The van der Waals surface area contributed by atoms with Crippen LogP contribution in [-0.2, 0) is 0 Å². The van der Waals surface area contributed by atoms with Gasteiger partial charge in [0.1, 0.15) is 0 Å². The molecule has 136 valence electrons. The van der Waals surface area contributed by atoms with Crippen LogP contribution in [0.5, 0.6) is 0 Å². The maximum Gasteiger partial charge on any atom is 0.276 e. The van der Waals surface area contributed by atoms with Gasteiger partial charge in [0.15, 0.2) is 0 Å². The maximum atomic E-state index is 13.3. The van der Waals surface area contributed by atoms with Crippen LogP contribution in [0.3, 0.4) is 0 Å². The summed E-state index contributed by atoms with van der Waals surface area (Å²) in [6, 6.07) is 10.2. The highest BCUT2D eigenvalue weighted by molar-refractivity contribution is 7.17. The monoisotopic (exact) mass is 402 g/mol.